The first kappa shape index (κ1) is 8.80. The Bertz CT molecular complexity index is 395. The maximum atomic E-state index is 5.56. The van der Waals surface area contributed by atoms with Crippen molar-refractivity contribution in [2.45, 2.75) is 0 Å². The lowest BCUT2D eigenvalue weighted by atomic mass is 10.3. The van der Waals surface area contributed by atoms with Gasteiger partial charge in [-0.05, 0) is 18.2 Å². The molecule has 1 aromatic carbocycles. The van der Waals surface area contributed by atoms with E-state index >= 15 is 0 Å². The number of rotatable bonds is 0. The van der Waals surface area contributed by atoms with Crippen LogP contribution in [0.25, 0.3) is 11.0 Å². The van der Waals surface area contributed by atoms with E-state index in [4.69, 9.17) is 5.73 Å². The van der Waals surface area contributed by atoms with Crippen molar-refractivity contribution in [3.05, 3.63) is 18.2 Å². The standard InChI is InChI=1S/C7H8N4.ClH/c1-11-7-3-2-5(8)4-6(7)9-10-11;/h2-4H,8H2,1H3;1H. The van der Waals surface area contributed by atoms with Crippen LogP contribution >= 0.6 is 12.4 Å². The molecule has 0 radical (unpaired) electrons. The van der Waals surface area contributed by atoms with Gasteiger partial charge in [0.05, 0.1) is 5.52 Å². The van der Waals surface area contributed by atoms with Crippen molar-refractivity contribution >= 4 is 29.1 Å². The summed E-state index contributed by atoms with van der Waals surface area (Å²) in [5.41, 5.74) is 8.12. The summed E-state index contributed by atoms with van der Waals surface area (Å²) in [6.45, 7) is 0. The summed E-state index contributed by atoms with van der Waals surface area (Å²) in [5.74, 6) is 0. The zero-order valence-corrected chi connectivity index (χ0v) is 7.38. The predicted octanol–water partition coefficient (Wildman–Crippen LogP) is 0.972. The highest BCUT2D eigenvalue weighted by Gasteiger charge is 1.98. The lowest BCUT2D eigenvalue weighted by Gasteiger charge is -1.92. The summed E-state index contributed by atoms with van der Waals surface area (Å²) < 4.78 is 1.72. The quantitative estimate of drug-likeness (QED) is 0.621. The number of aromatic nitrogens is 3. The van der Waals surface area contributed by atoms with Crippen molar-refractivity contribution in [3.8, 4) is 0 Å². The first-order chi connectivity index (χ1) is 5.27. The number of nitrogen functional groups attached to an aromatic ring is 1. The van der Waals surface area contributed by atoms with E-state index in [1.54, 1.807) is 4.68 Å². The summed E-state index contributed by atoms with van der Waals surface area (Å²) in [6, 6.07) is 5.55. The minimum Gasteiger partial charge on any atom is -0.399 e. The highest BCUT2D eigenvalue weighted by atomic mass is 35.5. The van der Waals surface area contributed by atoms with Crippen molar-refractivity contribution in [2.75, 3.05) is 5.73 Å². The number of nitrogens with two attached hydrogens (primary N) is 1. The van der Waals surface area contributed by atoms with Crippen molar-refractivity contribution in [3.63, 3.8) is 0 Å². The number of halogens is 1. The Balaban J connectivity index is 0.000000720. The van der Waals surface area contributed by atoms with Crippen LogP contribution in [0.15, 0.2) is 18.2 Å². The number of nitrogens with zero attached hydrogens (tertiary/aromatic N) is 3. The molecule has 1 heterocycles. The van der Waals surface area contributed by atoms with Crippen molar-refractivity contribution in [1.29, 1.82) is 0 Å². The van der Waals surface area contributed by atoms with Gasteiger partial charge in [0.15, 0.2) is 0 Å². The molecule has 4 nitrogen and oxygen atoms in total. The van der Waals surface area contributed by atoms with Crippen molar-refractivity contribution in [1.82, 2.24) is 15.0 Å². The molecule has 0 aliphatic rings. The van der Waals surface area contributed by atoms with E-state index in [0.29, 0.717) is 0 Å². The molecule has 0 spiro atoms. The smallest absolute Gasteiger partial charge is 0.115 e. The molecule has 64 valence electrons. The SMILES string of the molecule is Cl.Cn1nnc2cc(N)ccc21. The molecule has 0 atom stereocenters. The average molecular weight is 185 g/mol. The molecular formula is C7H9ClN4. The van der Waals surface area contributed by atoms with Gasteiger partial charge >= 0.3 is 0 Å². The normalized spacial score (nSPS) is 9.75. The maximum absolute atomic E-state index is 5.56. The van der Waals surface area contributed by atoms with Crippen LogP contribution in [-0.2, 0) is 7.05 Å². The summed E-state index contributed by atoms with van der Waals surface area (Å²) in [4.78, 5) is 0. The fraction of sp³-hybridized carbons (Fsp3) is 0.143. The molecule has 0 fully saturated rings. The number of hydrogen-bond acceptors (Lipinski definition) is 3. The molecule has 0 aliphatic heterocycles. The van der Waals surface area contributed by atoms with Gasteiger partial charge in [0.1, 0.15) is 5.52 Å². The van der Waals surface area contributed by atoms with E-state index in [1.165, 1.54) is 0 Å². The molecule has 2 rings (SSSR count). The molecule has 0 unspecified atom stereocenters. The minimum atomic E-state index is 0. The highest BCUT2D eigenvalue weighted by Crippen LogP contribution is 2.12. The number of hydrogen-bond donors (Lipinski definition) is 1. The van der Waals surface area contributed by atoms with Crippen LogP contribution in [0.5, 0.6) is 0 Å². The number of fused-ring (bicyclic) bond motifs is 1. The monoisotopic (exact) mass is 184 g/mol. The Labute approximate surface area is 75.8 Å². The molecule has 2 N–H and O–H groups in total. The third kappa shape index (κ3) is 1.21. The van der Waals surface area contributed by atoms with Crippen molar-refractivity contribution in [2.24, 2.45) is 7.05 Å². The van der Waals surface area contributed by atoms with Gasteiger partial charge in [0.2, 0.25) is 0 Å². The van der Waals surface area contributed by atoms with Crippen LogP contribution in [0, 0.1) is 0 Å². The van der Waals surface area contributed by atoms with Crippen LogP contribution in [-0.4, -0.2) is 15.0 Å². The van der Waals surface area contributed by atoms with Gasteiger partial charge in [-0.3, -0.25) is 0 Å². The third-order valence-corrected chi connectivity index (χ3v) is 1.63. The minimum absolute atomic E-state index is 0. The molecule has 0 aliphatic carbocycles. The molecular weight excluding hydrogens is 176 g/mol. The largest absolute Gasteiger partial charge is 0.399 e. The van der Waals surface area contributed by atoms with Crippen LogP contribution in [0.2, 0.25) is 0 Å². The fourth-order valence-corrected chi connectivity index (χ4v) is 1.06. The van der Waals surface area contributed by atoms with E-state index in [-0.39, 0.29) is 12.4 Å². The second-order valence-corrected chi connectivity index (χ2v) is 2.46. The highest BCUT2D eigenvalue weighted by molar-refractivity contribution is 5.85. The number of aryl methyl sites for hydroxylation is 1. The summed E-state index contributed by atoms with van der Waals surface area (Å²) in [6.07, 6.45) is 0. The summed E-state index contributed by atoms with van der Waals surface area (Å²) >= 11 is 0. The molecule has 0 bridgehead atoms. The van der Waals surface area contributed by atoms with E-state index < -0.39 is 0 Å². The van der Waals surface area contributed by atoms with Gasteiger partial charge in [-0.15, -0.1) is 17.5 Å². The second-order valence-electron chi connectivity index (χ2n) is 2.46. The van der Waals surface area contributed by atoms with Gasteiger partial charge in [0.25, 0.3) is 0 Å². The van der Waals surface area contributed by atoms with E-state index in [2.05, 4.69) is 10.3 Å². The Kier molecular flexibility index (Phi) is 2.19. The second kappa shape index (κ2) is 2.98. The van der Waals surface area contributed by atoms with Gasteiger partial charge in [0, 0.05) is 12.7 Å². The van der Waals surface area contributed by atoms with Gasteiger partial charge in [-0.25, -0.2) is 4.68 Å². The average Bonchev–Trinajstić information content (AvgIpc) is 2.32. The summed E-state index contributed by atoms with van der Waals surface area (Å²) in [7, 11) is 1.85. The Hall–Kier alpha value is -1.29. The first-order valence-electron chi connectivity index (χ1n) is 3.32. The Morgan fingerprint density at radius 3 is 2.92 bits per heavy atom. The lowest BCUT2D eigenvalue weighted by Crippen LogP contribution is -1.89. The molecule has 0 saturated heterocycles. The zero-order chi connectivity index (χ0) is 7.84. The molecule has 1 aromatic heterocycles. The Morgan fingerprint density at radius 2 is 2.17 bits per heavy atom. The fourth-order valence-electron chi connectivity index (χ4n) is 1.06. The number of anilines is 1. The molecule has 0 amide bonds. The lowest BCUT2D eigenvalue weighted by molar-refractivity contribution is 0.736. The van der Waals surface area contributed by atoms with Crippen LogP contribution in [0.3, 0.4) is 0 Å². The van der Waals surface area contributed by atoms with E-state index in [1.807, 2.05) is 25.2 Å². The summed E-state index contributed by atoms with van der Waals surface area (Å²) in [5, 5.41) is 7.76. The van der Waals surface area contributed by atoms with Crippen LogP contribution < -0.4 is 5.73 Å². The van der Waals surface area contributed by atoms with Gasteiger partial charge < -0.3 is 5.73 Å². The number of benzene rings is 1. The zero-order valence-electron chi connectivity index (χ0n) is 6.56. The third-order valence-electron chi connectivity index (χ3n) is 1.63. The maximum Gasteiger partial charge on any atom is 0.115 e. The van der Waals surface area contributed by atoms with E-state index in [9.17, 15) is 0 Å². The van der Waals surface area contributed by atoms with Gasteiger partial charge in [-0.2, -0.15) is 0 Å². The van der Waals surface area contributed by atoms with Crippen LogP contribution in [0.4, 0.5) is 5.69 Å². The molecule has 2 aromatic rings. The van der Waals surface area contributed by atoms with Crippen LogP contribution in [0.1, 0.15) is 0 Å². The van der Waals surface area contributed by atoms with E-state index in [0.717, 1.165) is 16.7 Å². The molecule has 12 heavy (non-hydrogen) atoms. The Morgan fingerprint density at radius 1 is 1.42 bits per heavy atom. The van der Waals surface area contributed by atoms with Crippen molar-refractivity contribution < 1.29 is 0 Å². The topological polar surface area (TPSA) is 56.7 Å². The molecule has 5 heteroatoms. The van der Waals surface area contributed by atoms with Gasteiger partial charge in [-0.1, -0.05) is 5.21 Å². The predicted molar refractivity (Wildman–Crippen MR) is 50.2 cm³/mol. The molecule has 0 saturated carbocycles. The first-order valence-corrected chi connectivity index (χ1v) is 3.32.